The van der Waals surface area contributed by atoms with Crippen LogP contribution in [0.5, 0.6) is 11.5 Å². The molecule has 11 heteroatoms. The zero-order valence-corrected chi connectivity index (χ0v) is 17.1. The highest BCUT2D eigenvalue weighted by atomic mass is 32.2. The summed E-state index contributed by atoms with van der Waals surface area (Å²) < 4.78 is 12.8. The van der Waals surface area contributed by atoms with Gasteiger partial charge in [-0.1, -0.05) is 11.8 Å². The molecular weight excluding hydrogens is 398 g/mol. The van der Waals surface area contributed by atoms with Crippen molar-refractivity contribution in [3.63, 3.8) is 0 Å². The number of hydrogen-bond acceptors (Lipinski definition) is 8. The van der Waals surface area contributed by atoms with Crippen LogP contribution in [0.1, 0.15) is 0 Å². The molecule has 2 aromatic heterocycles. The van der Waals surface area contributed by atoms with E-state index in [1.54, 1.807) is 18.2 Å². The molecule has 3 aromatic rings. The maximum atomic E-state index is 12.7. The fourth-order valence-electron chi connectivity index (χ4n) is 2.78. The highest BCUT2D eigenvalue weighted by Gasteiger charge is 2.19. The number of nitrogens with zero attached hydrogens (tertiary/aromatic N) is 4. The maximum absolute atomic E-state index is 12.7. The van der Waals surface area contributed by atoms with Gasteiger partial charge in [0.05, 0.1) is 20.0 Å². The maximum Gasteiger partial charge on any atom is 0.332 e. The summed E-state index contributed by atoms with van der Waals surface area (Å²) in [5, 5.41) is 0.403. The number of fused-ring (bicyclic) bond motifs is 1. The number of methoxy groups -OCH3 is 2. The summed E-state index contributed by atoms with van der Waals surface area (Å²) in [4.78, 5) is 45.2. The standard InChI is InChI=1S/C18H19N5O5S/c1-22-15-13(17(25)23(2)18(22)26)16(29-8-12(19)24)21-14(20-15)9-5-6-10(27-3)11(7-9)28-4/h5-7H,8H2,1-4H3,(H2,19,24). The van der Waals surface area contributed by atoms with Crippen molar-refractivity contribution >= 4 is 28.7 Å². The first-order valence-corrected chi connectivity index (χ1v) is 9.38. The normalized spacial score (nSPS) is 10.9. The number of nitrogens with two attached hydrogens (primary N) is 1. The molecule has 1 aromatic carbocycles. The molecule has 0 saturated carbocycles. The van der Waals surface area contributed by atoms with Crippen molar-refractivity contribution in [3.8, 4) is 22.9 Å². The Kier molecular flexibility index (Phi) is 5.59. The van der Waals surface area contributed by atoms with Gasteiger partial charge in [-0.3, -0.25) is 18.7 Å². The Balaban J connectivity index is 2.33. The molecule has 3 rings (SSSR count). The average molecular weight is 417 g/mol. The Bertz CT molecular complexity index is 1230. The molecule has 1 amide bonds. The molecule has 0 spiro atoms. The van der Waals surface area contributed by atoms with Crippen LogP contribution in [-0.2, 0) is 18.9 Å². The zero-order valence-electron chi connectivity index (χ0n) is 16.3. The minimum absolute atomic E-state index is 0.0799. The molecule has 0 unspecified atom stereocenters. The summed E-state index contributed by atoms with van der Waals surface area (Å²) >= 11 is 1.01. The van der Waals surface area contributed by atoms with Crippen molar-refractivity contribution in [1.82, 2.24) is 19.1 Å². The Morgan fingerprint density at radius 3 is 2.41 bits per heavy atom. The molecule has 0 radical (unpaired) electrons. The van der Waals surface area contributed by atoms with Gasteiger partial charge in [0.25, 0.3) is 5.56 Å². The first-order valence-electron chi connectivity index (χ1n) is 8.39. The van der Waals surface area contributed by atoms with Crippen LogP contribution in [-0.4, -0.2) is 45.0 Å². The van der Waals surface area contributed by atoms with Crippen molar-refractivity contribution in [2.45, 2.75) is 5.03 Å². The van der Waals surface area contributed by atoms with Gasteiger partial charge >= 0.3 is 5.69 Å². The Hall–Kier alpha value is -3.34. The molecule has 0 fully saturated rings. The second-order valence-corrected chi connectivity index (χ2v) is 7.05. The lowest BCUT2D eigenvalue weighted by molar-refractivity contribution is -0.115. The van der Waals surface area contributed by atoms with E-state index in [0.717, 1.165) is 16.3 Å². The number of aryl methyl sites for hydroxylation is 1. The number of benzene rings is 1. The van der Waals surface area contributed by atoms with E-state index in [1.807, 2.05) is 0 Å². The van der Waals surface area contributed by atoms with E-state index < -0.39 is 17.2 Å². The largest absolute Gasteiger partial charge is 0.493 e. The Morgan fingerprint density at radius 1 is 1.10 bits per heavy atom. The van der Waals surface area contributed by atoms with E-state index in [0.29, 0.717) is 17.1 Å². The summed E-state index contributed by atoms with van der Waals surface area (Å²) in [5.74, 6) is 0.619. The number of hydrogen-bond donors (Lipinski definition) is 1. The second kappa shape index (κ2) is 7.95. The number of aromatic nitrogens is 4. The monoisotopic (exact) mass is 417 g/mol. The summed E-state index contributed by atoms with van der Waals surface area (Å²) in [6.07, 6.45) is 0. The molecule has 0 aliphatic carbocycles. The Morgan fingerprint density at radius 2 is 1.79 bits per heavy atom. The predicted octanol–water partition coefficient (Wildman–Crippen LogP) is 0.289. The number of carbonyl (C=O) groups excluding carboxylic acids is 1. The molecule has 0 aliphatic rings. The molecule has 0 atom stereocenters. The molecular formula is C18H19N5O5S. The summed E-state index contributed by atoms with van der Waals surface area (Å²) in [7, 11) is 5.91. The topological polar surface area (TPSA) is 131 Å². The fourth-order valence-corrected chi connectivity index (χ4v) is 3.53. The lowest BCUT2D eigenvalue weighted by atomic mass is 10.2. The SMILES string of the molecule is COc1ccc(-c2nc(SCC(N)=O)c3c(=O)n(C)c(=O)n(C)c3n2)cc1OC. The van der Waals surface area contributed by atoms with Gasteiger partial charge in [0.1, 0.15) is 10.4 Å². The van der Waals surface area contributed by atoms with Crippen molar-refractivity contribution in [3.05, 3.63) is 39.0 Å². The quantitative estimate of drug-likeness (QED) is 0.447. The van der Waals surface area contributed by atoms with Gasteiger partial charge in [0.2, 0.25) is 5.91 Å². The lowest BCUT2D eigenvalue weighted by Gasteiger charge is -2.13. The van der Waals surface area contributed by atoms with Crippen LogP contribution < -0.4 is 26.5 Å². The van der Waals surface area contributed by atoms with E-state index in [-0.39, 0.29) is 27.6 Å². The number of primary amides is 1. The van der Waals surface area contributed by atoms with Crippen molar-refractivity contribution in [2.24, 2.45) is 19.8 Å². The Labute approximate surface area is 169 Å². The highest BCUT2D eigenvalue weighted by molar-refractivity contribution is 8.00. The van der Waals surface area contributed by atoms with E-state index in [2.05, 4.69) is 9.97 Å². The molecule has 152 valence electrons. The minimum Gasteiger partial charge on any atom is -0.493 e. The van der Waals surface area contributed by atoms with Gasteiger partial charge < -0.3 is 15.2 Å². The van der Waals surface area contributed by atoms with Gasteiger partial charge in [-0.25, -0.2) is 14.8 Å². The third-order valence-electron chi connectivity index (χ3n) is 4.26. The smallest absolute Gasteiger partial charge is 0.332 e. The van der Waals surface area contributed by atoms with E-state index >= 15 is 0 Å². The van der Waals surface area contributed by atoms with Crippen molar-refractivity contribution in [2.75, 3.05) is 20.0 Å². The average Bonchev–Trinajstić information content (AvgIpc) is 2.73. The van der Waals surface area contributed by atoms with Crippen molar-refractivity contribution in [1.29, 1.82) is 0 Å². The van der Waals surface area contributed by atoms with Gasteiger partial charge in [0.15, 0.2) is 23.0 Å². The van der Waals surface area contributed by atoms with E-state index in [9.17, 15) is 14.4 Å². The minimum atomic E-state index is -0.559. The van der Waals surface area contributed by atoms with E-state index in [1.165, 1.54) is 32.9 Å². The summed E-state index contributed by atoms with van der Waals surface area (Å²) in [6, 6.07) is 5.10. The molecule has 2 N–H and O–H groups in total. The highest BCUT2D eigenvalue weighted by Crippen LogP contribution is 2.32. The number of amides is 1. The van der Waals surface area contributed by atoms with Crippen LogP contribution in [0.3, 0.4) is 0 Å². The van der Waals surface area contributed by atoms with Crippen LogP contribution in [0.15, 0.2) is 32.8 Å². The third-order valence-corrected chi connectivity index (χ3v) is 5.26. The zero-order chi connectivity index (χ0) is 21.3. The second-order valence-electron chi connectivity index (χ2n) is 6.08. The fraction of sp³-hybridized carbons (Fsp3) is 0.278. The molecule has 0 saturated heterocycles. The number of ether oxygens (including phenoxy) is 2. The van der Waals surface area contributed by atoms with Crippen LogP contribution in [0.4, 0.5) is 0 Å². The van der Waals surface area contributed by atoms with Crippen LogP contribution in [0, 0.1) is 0 Å². The summed E-state index contributed by atoms with van der Waals surface area (Å²) in [5.41, 5.74) is 4.92. The van der Waals surface area contributed by atoms with Crippen LogP contribution >= 0.6 is 11.8 Å². The molecule has 29 heavy (non-hydrogen) atoms. The third kappa shape index (κ3) is 3.68. The number of rotatable bonds is 6. The van der Waals surface area contributed by atoms with Gasteiger partial charge in [-0.05, 0) is 18.2 Å². The first-order chi connectivity index (χ1) is 13.8. The number of carbonyl (C=O) groups is 1. The van der Waals surface area contributed by atoms with Crippen LogP contribution in [0.25, 0.3) is 22.4 Å². The molecule has 2 heterocycles. The van der Waals surface area contributed by atoms with Gasteiger partial charge in [-0.2, -0.15) is 0 Å². The van der Waals surface area contributed by atoms with Crippen LogP contribution in [0.2, 0.25) is 0 Å². The first kappa shape index (κ1) is 20.4. The lowest BCUT2D eigenvalue weighted by Crippen LogP contribution is -2.37. The van der Waals surface area contributed by atoms with E-state index in [4.69, 9.17) is 15.2 Å². The van der Waals surface area contributed by atoms with Gasteiger partial charge in [-0.15, -0.1) is 0 Å². The van der Waals surface area contributed by atoms with Crippen molar-refractivity contribution < 1.29 is 14.3 Å². The predicted molar refractivity (Wildman–Crippen MR) is 108 cm³/mol. The number of thioether (sulfide) groups is 1. The van der Waals surface area contributed by atoms with Gasteiger partial charge in [0, 0.05) is 19.7 Å². The molecule has 0 aliphatic heterocycles. The summed E-state index contributed by atoms with van der Waals surface area (Å²) in [6.45, 7) is 0. The molecule has 10 nitrogen and oxygen atoms in total. The molecule has 0 bridgehead atoms.